The number of ether oxygens (including phenoxy) is 1. The fraction of sp³-hybridized carbons (Fsp3) is 0.133. The fourth-order valence-electron chi connectivity index (χ4n) is 4.34. The predicted molar refractivity (Wildman–Crippen MR) is 139 cm³/mol. The lowest BCUT2D eigenvalue weighted by Gasteiger charge is -2.24. The summed E-state index contributed by atoms with van der Waals surface area (Å²) in [4.78, 5) is 0. The number of benzene rings is 4. The Kier molecular flexibility index (Phi) is 7.37. The molecule has 0 saturated carbocycles. The van der Waals surface area contributed by atoms with Gasteiger partial charge in [-0.15, -0.1) is 0 Å². The van der Waals surface area contributed by atoms with E-state index in [1.165, 1.54) is 38.7 Å². The van der Waals surface area contributed by atoms with Gasteiger partial charge in [0.1, 0.15) is 0 Å². The predicted octanol–water partition coefficient (Wildman–Crippen LogP) is 5.79. The zero-order chi connectivity index (χ0) is 22.2. The van der Waals surface area contributed by atoms with Gasteiger partial charge in [-0.05, 0) is 30.0 Å². The lowest BCUT2D eigenvalue weighted by Crippen LogP contribution is -2.44. The first-order chi connectivity index (χ1) is 15.8. The number of aryl methyl sites for hydroxylation is 1. The van der Waals surface area contributed by atoms with Gasteiger partial charge in [-0.2, -0.15) is 0 Å². The molecule has 0 N–H and O–H groups in total. The third-order valence-corrected chi connectivity index (χ3v) is 5.92. The molecule has 0 spiro atoms. The smallest absolute Gasteiger partial charge is 0.242 e. The molecule has 0 amide bonds. The lowest BCUT2D eigenvalue weighted by atomic mass is 9.34. The molecule has 158 valence electrons. The van der Waals surface area contributed by atoms with Gasteiger partial charge in [0.25, 0.3) is 0 Å². The van der Waals surface area contributed by atoms with E-state index >= 15 is 0 Å². The Hall–Kier alpha value is -3.36. The van der Waals surface area contributed by atoms with Crippen LogP contribution in [0.3, 0.4) is 0 Å². The van der Waals surface area contributed by atoms with Crippen molar-refractivity contribution in [3.8, 4) is 0 Å². The number of rotatable bonds is 8. The molecule has 2 heteroatoms. The fourth-order valence-corrected chi connectivity index (χ4v) is 4.34. The molecule has 0 aromatic heterocycles. The molecule has 32 heavy (non-hydrogen) atoms. The normalized spacial score (nSPS) is 11.7. The van der Waals surface area contributed by atoms with E-state index in [1.54, 1.807) is 7.11 Å². The van der Waals surface area contributed by atoms with Crippen molar-refractivity contribution >= 4 is 28.7 Å². The summed E-state index contributed by atoms with van der Waals surface area (Å²) in [7, 11) is 1.78. The lowest BCUT2D eigenvalue weighted by molar-refractivity contribution is 0.206. The molecule has 0 fully saturated rings. The summed E-state index contributed by atoms with van der Waals surface area (Å²) >= 11 is 0. The van der Waals surface area contributed by atoms with E-state index in [1.807, 2.05) is 0 Å². The maximum absolute atomic E-state index is 5.56. The van der Waals surface area contributed by atoms with Crippen LogP contribution in [-0.2, 0) is 4.74 Å². The summed E-state index contributed by atoms with van der Waals surface area (Å²) in [5.41, 5.74) is 9.02. The molecule has 1 nitrogen and oxygen atoms in total. The second-order valence-electron chi connectivity index (χ2n) is 8.12. The maximum Gasteiger partial charge on any atom is 0.242 e. The highest BCUT2D eigenvalue weighted by Crippen LogP contribution is 2.31. The van der Waals surface area contributed by atoms with E-state index in [2.05, 4.69) is 122 Å². The zero-order valence-corrected chi connectivity index (χ0v) is 18.9. The molecule has 0 unspecified atom stereocenters. The van der Waals surface area contributed by atoms with Gasteiger partial charge in [0, 0.05) is 7.11 Å². The first-order valence-electron chi connectivity index (χ1n) is 11.2. The zero-order valence-electron chi connectivity index (χ0n) is 18.9. The summed E-state index contributed by atoms with van der Waals surface area (Å²) in [6.45, 7) is 2.93. The van der Waals surface area contributed by atoms with Crippen molar-refractivity contribution in [3.05, 3.63) is 132 Å². The van der Waals surface area contributed by atoms with Crippen LogP contribution >= 0.6 is 0 Å². The molecule has 4 rings (SSSR count). The number of methoxy groups -OCH3 is 1. The van der Waals surface area contributed by atoms with Crippen molar-refractivity contribution < 1.29 is 4.74 Å². The summed E-state index contributed by atoms with van der Waals surface area (Å²) in [5.74, 6) is 0. The van der Waals surface area contributed by atoms with Crippen molar-refractivity contribution in [2.24, 2.45) is 0 Å². The highest BCUT2D eigenvalue weighted by atomic mass is 16.5. The van der Waals surface area contributed by atoms with Crippen LogP contribution < -0.4 is 10.9 Å². The van der Waals surface area contributed by atoms with Gasteiger partial charge in [0.15, 0.2) is 0 Å². The molecule has 0 aliphatic rings. The Bertz CT molecular complexity index is 1090. The molecule has 4 aromatic rings. The van der Waals surface area contributed by atoms with Crippen LogP contribution in [0, 0.1) is 6.92 Å². The van der Waals surface area contributed by atoms with E-state index in [9.17, 15) is 0 Å². The van der Waals surface area contributed by atoms with Gasteiger partial charge in [0.2, 0.25) is 6.71 Å². The average Bonchev–Trinajstić information content (AvgIpc) is 2.86. The molecule has 0 saturated heterocycles. The van der Waals surface area contributed by atoms with E-state index in [0.717, 1.165) is 6.42 Å². The quantitative estimate of drug-likeness (QED) is 0.261. The van der Waals surface area contributed by atoms with E-state index in [0.29, 0.717) is 6.61 Å². The van der Waals surface area contributed by atoms with Gasteiger partial charge >= 0.3 is 0 Å². The van der Waals surface area contributed by atoms with Crippen molar-refractivity contribution in [1.29, 1.82) is 0 Å². The van der Waals surface area contributed by atoms with Gasteiger partial charge in [-0.3, -0.25) is 0 Å². The van der Waals surface area contributed by atoms with Crippen molar-refractivity contribution in [2.45, 2.75) is 13.3 Å². The SMILES string of the molecule is COCC/C(=C(\B(c1ccccc1)c1ccccc1)c1ccccc1)c1ccc(C)cc1. The van der Waals surface area contributed by atoms with Crippen LogP contribution in [0.5, 0.6) is 0 Å². The van der Waals surface area contributed by atoms with Crippen LogP contribution in [0.15, 0.2) is 115 Å². The van der Waals surface area contributed by atoms with Crippen LogP contribution in [0.25, 0.3) is 11.0 Å². The minimum absolute atomic E-state index is 0.118. The molecule has 0 bridgehead atoms. The first kappa shape index (κ1) is 21.9. The van der Waals surface area contributed by atoms with Gasteiger partial charge < -0.3 is 4.74 Å². The Morgan fingerprint density at radius 3 is 1.62 bits per heavy atom. The Labute approximate surface area is 192 Å². The monoisotopic (exact) mass is 416 g/mol. The van der Waals surface area contributed by atoms with Crippen LogP contribution in [-0.4, -0.2) is 20.4 Å². The minimum atomic E-state index is 0.118. The van der Waals surface area contributed by atoms with Crippen molar-refractivity contribution in [1.82, 2.24) is 0 Å². The van der Waals surface area contributed by atoms with Gasteiger partial charge in [-0.1, -0.05) is 137 Å². The maximum atomic E-state index is 5.56. The summed E-state index contributed by atoms with van der Waals surface area (Å²) < 4.78 is 5.56. The average molecular weight is 416 g/mol. The summed E-state index contributed by atoms with van der Waals surface area (Å²) in [6.07, 6.45) is 0.847. The third-order valence-electron chi connectivity index (χ3n) is 5.92. The molecule has 0 aliphatic carbocycles. The van der Waals surface area contributed by atoms with E-state index < -0.39 is 0 Å². The second-order valence-corrected chi connectivity index (χ2v) is 8.12. The summed E-state index contributed by atoms with van der Waals surface area (Å²) in [5, 5.41) is 0. The Morgan fingerprint density at radius 1 is 0.625 bits per heavy atom. The van der Waals surface area contributed by atoms with Crippen LogP contribution in [0.2, 0.25) is 0 Å². The molecular weight excluding hydrogens is 387 g/mol. The first-order valence-corrected chi connectivity index (χ1v) is 11.2. The van der Waals surface area contributed by atoms with E-state index in [-0.39, 0.29) is 6.71 Å². The standard InChI is InChI=1S/C30H29BO/c1-24-18-20-25(21-19-24)29(22-23-32-2)30(26-12-6-3-7-13-26)31(27-14-8-4-9-15-27)28-16-10-5-11-17-28/h3-21H,22-23H2,1-2H3/b30-29+. The molecule has 0 heterocycles. The van der Waals surface area contributed by atoms with Crippen LogP contribution in [0.4, 0.5) is 0 Å². The molecule has 0 aliphatic heterocycles. The van der Waals surface area contributed by atoms with Gasteiger partial charge in [-0.25, -0.2) is 0 Å². The highest BCUT2D eigenvalue weighted by Gasteiger charge is 2.28. The van der Waals surface area contributed by atoms with Crippen LogP contribution in [0.1, 0.15) is 23.1 Å². The Morgan fingerprint density at radius 2 is 1.12 bits per heavy atom. The largest absolute Gasteiger partial charge is 0.384 e. The number of hydrogen-bond donors (Lipinski definition) is 0. The number of hydrogen-bond acceptors (Lipinski definition) is 1. The topological polar surface area (TPSA) is 9.23 Å². The minimum Gasteiger partial charge on any atom is -0.384 e. The Balaban J connectivity index is 2.04. The molecule has 0 radical (unpaired) electrons. The van der Waals surface area contributed by atoms with E-state index in [4.69, 9.17) is 4.74 Å². The van der Waals surface area contributed by atoms with Crippen molar-refractivity contribution in [3.63, 3.8) is 0 Å². The molecular formula is C30H29BO. The summed E-state index contributed by atoms with van der Waals surface area (Å²) in [6, 6.07) is 41.4. The third kappa shape index (κ3) is 5.10. The van der Waals surface area contributed by atoms with Crippen molar-refractivity contribution in [2.75, 3.05) is 13.7 Å². The van der Waals surface area contributed by atoms with Gasteiger partial charge in [0.05, 0.1) is 6.61 Å². The second kappa shape index (κ2) is 10.8. The molecule has 0 atom stereocenters. The molecule has 4 aromatic carbocycles. The highest BCUT2D eigenvalue weighted by molar-refractivity contribution is 7.00.